The number of alkyl halides is 1. The van der Waals surface area contributed by atoms with Gasteiger partial charge in [-0.05, 0) is 12.3 Å². The first-order chi connectivity index (χ1) is 6.79. The molecular formula is C10H18FNO3. The number of alkyl carbamates (subject to hydrolysis) is 1. The molecule has 5 heteroatoms. The van der Waals surface area contributed by atoms with Gasteiger partial charge in [0, 0.05) is 0 Å². The smallest absolute Gasteiger partial charge is 0.407 e. The molecule has 1 amide bonds. The molecule has 0 heterocycles. The standard InChI is InChI=1S/C10H18FNO3/c1-7(13)8(10(2,3)4)12-9(14)15-6-5-11/h8H,5-6H2,1-4H3,(H,12,14). The van der Waals surface area contributed by atoms with E-state index in [1.165, 1.54) is 6.92 Å². The number of hydrogen-bond acceptors (Lipinski definition) is 3. The quantitative estimate of drug-likeness (QED) is 0.782. The van der Waals surface area contributed by atoms with Crippen LogP contribution >= 0.6 is 0 Å². The molecule has 0 aromatic carbocycles. The van der Waals surface area contributed by atoms with Crippen LogP contribution in [0.15, 0.2) is 0 Å². The largest absolute Gasteiger partial charge is 0.447 e. The summed E-state index contributed by atoms with van der Waals surface area (Å²) >= 11 is 0. The molecule has 0 bridgehead atoms. The summed E-state index contributed by atoms with van der Waals surface area (Å²) < 4.78 is 16.2. The Bertz CT molecular complexity index is 235. The van der Waals surface area contributed by atoms with Crippen molar-refractivity contribution in [3.8, 4) is 0 Å². The summed E-state index contributed by atoms with van der Waals surface area (Å²) in [5.41, 5.74) is -0.388. The van der Waals surface area contributed by atoms with Crippen molar-refractivity contribution in [2.24, 2.45) is 5.41 Å². The van der Waals surface area contributed by atoms with Gasteiger partial charge in [0.25, 0.3) is 0 Å². The minimum Gasteiger partial charge on any atom is -0.447 e. The lowest BCUT2D eigenvalue weighted by atomic mass is 9.85. The third-order valence-electron chi connectivity index (χ3n) is 1.85. The van der Waals surface area contributed by atoms with Gasteiger partial charge in [-0.2, -0.15) is 0 Å². The fourth-order valence-corrected chi connectivity index (χ4v) is 1.22. The van der Waals surface area contributed by atoms with Crippen molar-refractivity contribution in [2.75, 3.05) is 13.3 Å². The topological polar surface area (TPSA) is 55.4 Å². The second-order valence-corrected chi connectivity index (χ2v) is 4.38. The maximum absolute atomic E-state index is 11.7. The number of rotatable bonds is 4. The predicted molar refractivity (Wildman–Crippen MR) is 54.4 cm³/mol. The molecule has 0 aliphatic carbocycles. The van der Waals surface area contributed by atoms with Gasteiger partial charge in [-0.15, -0.1) is 0 Å². The van der Waals surface area contributed by atoms with E-state index < -0.39 is 18.8 Å². The van der Waals surface area contributed by atoms with Crippen molar-refractivity contribution < 1.29 is 18.7 Å². The molecule has 1 N–H and O–H groups in total. The first-order valence-electron chi connectivity index (χ1n) is 4.78. The number of halogens is 1. The Morgan fingerprint density at radius 2 is 1.93 bits per heavy atom. The molecule has 0 aromatic rings. The molecule has 0 saturated carbocycles. The Morgan fingerprint density at radius 3 is 2.27 bits per heavy atom. The first kappa shape index (κ1) is 13.9. The number of hydrogen-bond donors (Lipinski definition) is 1. The highest BCUT2D eigenvalue weighted by Gasteiger charge is 2.30. The Hall–Kier alpha value is -1.13. The molecule has 0 aliphatic rings. The van der Waals surface area contributed by atoms with E-state index in [9.17, 15) is 14.0 Å². The molecule has 0 spiro atoms. The number of carbonyl (C=O) groups excluding carboxylic acids is 2. The van der Waals surface area contributed by atoms with Crippen LogP contribution < -0.4 is 5.32 Å². The maximum atomic E-state index is 11.7. The van der Waals surface area contributed by atoms with Gasteiger partial charge in [-0.3, -0.25) is 4.79 Å². The van der Waals surface area contributed by atoms with Crippen molar-refractivity contribution in [2.45, 2.75) is 33.7 Å². The van der Waals surface area contributed by atoms with Gasteiger partial charge >= 0.3 is 6.09 Å². The van der Waals surface area contributed by atoms with Crippen molar-refractivity contribution >= 4 is 11.9 Å². The molecule has 88 valence electrons. The minimum atomic E-state index is -0.761. The van der Waals surface area contributed by atoms with E-state index in [4.69, 9.17) is 0 Å². The van der Waals surface area contributed by atoms with Crippen LogP contribution in [0.3, 0.4) is 0 Å². The summed E-state index contributed by atoms with van der Waals surface area (Å²) in [4.78, 5) is 22.4. The van der Waals surface area contributed by atoms with Crippen molar-refractivity contribution in [3.63, 3.8) is 0 Å². The van der Waals surface area contributed by atoms with Gasteiger partial charge in [-0.25, -0.2) is 9.18 Å². The molecular weight excluding hydrogens is 201 g/mol. The third kappa shape index (κ3) is 5.34. The normalized spacial score (nSPS) is 13.1. The molecule has 1 atom stereocenters. The summed E-state index contributed by atoms with van der Waals surface area (Å²) in [5, 5.41) is 2.41. The predicted octanol–water partition coefficient (Wildman–Crippen LogP) is 1.69. The van der Waals surface area contributed by atoms with Gasteiger partial charge in [0.05, 0.1) is 6.04 Å². The van der Waals surface area contributed by atoms with Crippen molar-refractivity contribution in [3.05, 3.63) is 0 Å². The van der Waals surface area contributed by atoms with E-state index in [1.807, 2.05) is 20.8 Å². The number of ketones is 1. The lowest BCUT2D eigenvalue weighted by molar-refractivity contribution is -0.121. The van der Waals surface area contributed by atoms with Gasteiger partial charge in [0.15, 0.2) is 5.78 Å². The molecule has 15 heavy (non-hydrogen) atoms. The zero-order valence-electron chi connectivity index (χ0n) is 9.59. The van der Waals surface area contributed by atoms with E-state index in [0.717, 1.165) is 0 Å². The van der Waals surface area contributed by atoms with Crippen LogP contribution in [0.1, 0.15) is 27.7 Å². The average Bonchev–Trinajstić information content (AvgIpc) is 2.08. The maximum Gasteiger partial charge on any atom is 0.407 e. The number of Topliss-reactive ketones (excluding diaryl/α,β-unsaturated/α-hetero) is 1. The fraction of sp³-hybridized carbons (Fsp3) is 0.800. The fourth-order valence-electron chi connectivity index (χ4n) is 1.22. The number of nitrogens with one attached hydrogen (secondary N) is 1. The summed E-state index contributed by atoms with van der Waals surface area (Å²) in [6.45, 7) is 5.86. The van der Waals surface area contributed by atoms with Crippen LogP contribution in [0, 0.1) is 5.41 Å². The monoisotopic (exact) mass is 219 g/mol. The zero-order chi connectivity index (χ0) is 12.1. The highest BCUT2D eigenvalue weighted by atomic mass is 19.1. The number of carbonyl (C=O) groups is 2. The van der Waals surface area contributed by atoms with E-state index in [-0.39, 0.29) is 17.8 Å². The third-order valence-corrected chi connectivity index (χ3v) is 1.85. The van der Waals surface area contributed by atoms with Crippen LogP contribution in [0.25, 0.3) is 0 Å². The van der Waals surface area contributed by atoms with Gasteiger partial charge in [-0.1, -0.05) is 20.8 Å². The van der Waals surface area contributed by atoms with Crippen LogP contribution in [0.2, 0.25) is 0 Å². The van der Waals surface area contributed by atoms with Crippen LogP contribution in [0.4, 0.5) is 9.18 Å². The summed E-state index contributed by atoms with van der Waals surface area (Å²) in [5.74, 6) is -0.153. The van der Waals surface area contributed by atoms with Crippen molar-refractivity contribution in [1.29, 1.82) is 0 Å². The number of amides is 1. The molecule has 1 unspecified atom stereocenters. The Labute approximate surface area is 89.2 Å². The molecule has 0 aromatic heterocycles. The molecule has 4 nitrogen and oxygen atoms in total. The lowest BCUT2D eigenvalue weighted by Gasteiger charge is -2.28. The summed E-state index contributed by atoms with van der Waals surface area (Å²) in [6, 6.07) is -0.621. The van der Waals surface area contributed by atoms with Crippen molar-refractivity contribution in [1.82, 2.24) is 5.32 Å². The van der Waals surface area contributed by atoms with E-state index in [0.29, 0.717) is 0 Å². The molecule has 0 fully saturated rings. The minimum absolute atomic E-state index is 0.153. The first-order valence-corrected chi connectivity index (χ1v) is 4.78. The highest BCUT2D eigenvalue weighted by molar-refractivity contribution is 5.86. The summed E-state index contributed by atoms with van der Waals surface area (Å²) in [6.07, 6.45) is -0.761. The van der Waals surface area contributed by atoms with Crippen LogP contribution in [-0.4, -0.2) is 31.2 Å². The van der Waals surface area contributed by atoms with Crippen LogP contribution in [0.5, 0.6) is 0 Å². The second-order valence-electron chi connectivity index (χ2n) is 4.38. The van der Waals surface area contributed by atoms with Gasteiger partial charge in [0.1, 0.15) is 13.3 Å². The molecule has 0 rings (SSSR count). The Morgan fingerprint density at radius 1 is 1.40 bits per heavy atom. The van der Waals surface area contributed by atoms with E-state index >= 15 is 0 Å². The van der Waals surface area contributed by atoms with E-state index in [2.05, 4.69) is 10.1 Å². The van der Waals surface area contributed by atoms with Gasteiger partial charge < -0.3 is 10.1 Å². The molecule has 0 radical (unpaired) electrons. The van der Waals surface area contributed by atoms with E-state index in [1.54, 1.807) is 0 Å². The molecule has 0 aliphatic heterocycles. The average molecular weight is 219 g/mol. The number of ether oxygens (including phenoxy) is 1. The van der Waals surface area contributed by atoms with Gasteiger partial charge in [0.2, 0.25) is 0 Å². The van der Waals surface area contributed by atoms with Crippen LogP contribution in [-0.2, 0) is 9.53 Å². The summed E-state index contributed by atoms with van der Waals surface area (Å²) in [7, 11) is 0. The Kier molecular flexibility index (Phi) is 5.25. The molecule has 0 saturated heterocycles. The zero-order valence-corrected chi connectivity index (χ0v) is 9.59. The lowest BCUT2D eigenvalue weighted by Crippen LogP contribution is -2.48. The second kappa shape index (κ2) is 5.68. The Balaban J connectivity index is 4.31. The highest BCUT2D eigenvalue weighted by Crippen LogP contribution is 2.19. The SMILES string of the molecule is CC(=O)C(NC(=O)OCCF)C(C)(C)C.